The molecule has 0 radical (unpaired) electrons. The van der Waals surface area contributed by atoms with Gasteiger partial charge in [0.1, 0.15) is 5.75 Å². The summed E-state index contributed by atoms with van der Waals surface area (Å²) in [5.41, 5.74) is 5.25. The number of carbonyl (C=O) groups is 1. The van der Waals surface area contributed by atoms with Gasteiger partial charge < -0.3 is 25.3 Å². The number of amides is 1. The number of nitrogens with zero attached hydrogens (tertiary/aromatic N) is 1. The lowest BCUT2D eigenvalue weighted by atomic mass is 9.89. The summed E-state index contributed by atoms with van der Waals surface area (Å²) in [6, 6.07) is 12.2. The Bertz CT molecular complexity index is 1030. The zero-order valence-electron chi connectivity index (χ0n) is 15.9. The standard InChI is InChI=1S/C22H24N4O2/c1-26-8-6-14(7-9-26)18-12-23-20-10-15(2-4-17(18)20)24-16-3-5-19-21(11-16)28-13-22(27)25-19/h2-5,10-12,14,23-24H,6-9,13H2,1H3,(H,25,27). The predicted molar refractivity (Wildman–Crippen MR) is 112 cm³/mol. The van der Waals surface area contributed by atoms with Crippen molar-refractivity contribution < 1.29 is 9.53 Å². The van der Waals surface area contributed by atoms with Crippen LogP contribution in [0.3, 0.4) is 0 Å². The second-order valence-electron chi connectivity index (χ2n) is 7.75. The Morgan fingerprint density at radius 1 is 1.11 bits per heavy atom. The molecular weight excluding hydrogens is 352 g/mol. The SMILES string of the molecule is CN1CCC(c2c[nH]c3cc(Nc4ccc5c(c4)OCC(=O)N5)ccc23)CC1. The van der Waals surface area contributed by atoms with Crippen molar-refractivity contribution in [2.45, 2.75) is 18.8 Å². The number of hydrogen-bond acceptors (Lipinski definition) is 4. The molecule has 0 unspecified atom stereocenters. The van der Waals surface area contributed by atoms with E-state index in [9.17, 15) is 4.79 Å². The first kappa shape index (κ1) is 17.1. The Hall–Kier alpha value is -2.99. The van der Waals surface area contributed by atoms with E-state index in [1.165, 1.54) is 23.8 Å². The lowest BCUT2D eigenvalue weighted by Crippen LogP contribution is -2.29. The van der Waals surface area contributed by atoms with Crippen LogP contribution in [0, 0.1) is 0 Å². The molecule has 3 heterocycles. The van der Waals surface area contributed by atoms with E-state index >= 15 is 0 Å². The first-order chi connectivity index (χ1) is 13.7. The van der Waals surface area contributed by atoms with Gasteiger partial charge in [-0.3, -0.25) is 4.79 Å². The zero-order valence-corrected chi connectivity index (χ0v) is 15.9. The van der Waals surface area contributed by atoms with Crippen molar-refractivity contribution in [3.8, 4) is 5.75 Å². The fraction of sp³-hybridized carbons (Fsp3) is 0.318. The monoisotopic (exact) mass is 376 g/mol. The van der Waals surface area contributed by atoms with Crippen LogP contribution in [0.4, 0.5) is 17.1 Å². The summed E-state index contributed by atoms with van der Waals surface area (Å²) in [6.07, 6.45) is 4.62. The molecule has 0 bridgehead atoms. The van der Waals surface area contributed by atoms with Crippen molar-refractivity contribution in [2.75, 3.05) is 37.4 Å². The lowest BCUT2D eigenvalue weighted by molar-refractivity contribution is -0.118. The summed E-state index contributed by atoms with van der Waals surface area (Å²) in [5.74, 6) is 1.21. The van der Waals surface area contributed by atoms with Crippen LogP contribution < -0.4 is 15.4 Å². The van der Waals surface area contributed by atoms with Crippen LogP contribution in [0.1, 0.15) is 24.3 Å². The smallest absolute Gasteiger partial charge is 0.262 e. The van der Waals surface area contributed by atoms with Crippen LogP contribution in [-0.4, -0.2) is 42.5 Å². The molecule has 0 aliphatic carbocycles. The molecule has 3 N–H and O–H groups in total. The molecule has 1 saturated heterocycles. The number of rotatable bonds is 3. The highest BCUT2D eigenvalue weighted by Crippen LogP contribution is 2.35. The number of fused-ring (bicyclic) bond motifs is 2. The van der Waals surface area contributed by atoms with Crippen LogP contribution in [0.5, 0.6) is 5.75 Å². The number of anilines is 3. The molecule has 0 atom stereocenters. The molecule has 0 spiro atoms. The van der Waals surface area contributed by atoms with E-state index in [2.05, 4.69) is 52.0 Å². The third-order valence-corrected chi connectivity index (χ3v) is 5.78. The van der Waals surface area contributed by atoms with E-state index in [0.29, 0.717) is 17.4 Å². The van der Waals surface area contributed by atoms with Crippen molar-refractivity contribution in [3.05, 3.63) is 48.2 Å². The molecular formula is C22H24N4O2. The molecule has 1 fully saturated rings. The fourth-order valence-corrected chi connectivity index (χ4v) is 4.20. The second-order valence-corrected chi connectivity index (χ2v) is 7.75. The third-order valence-electron chi connectivity index (χ3n) is 5.78. The molecule has 2 aliphatic heterocycles. The van der Waals surface area contributed by atoms with Gasteiger partial charge in [-0.2, -0.15) is 0 Å². The molecule has 0 saturated carbocycles. The third kappa shape index (κ3) is 3.20. The molecule has 1 amide bonds. The Kier molecular flexibility index (Phi) is 4.20. The minimum atomic E-state index is -0.120. The van der Waals surface area contributed by atoms with Gasteiger partial charge in [0, 0.05) is 34.5 Å². The minimum Gasteiger partial charge on any atom is -0.482 e. The molecule has 28 heavy (non-hydrogen) atoms. The largest absolute Gasteiger partial charge is 0.482 e. The maximum Gasteiger partial charge on any atom is 0.262 e. The van der Waals surface area contributed by atoms with Crippen molar-refractivity contribution in [1.82, 2.24) is 9.88 Å². The highest BCUT2D eigenvalue weighted by molar-refractivity contribution is 5.96. The topological polar surface area (TPSA) is 69.4 Å². The maximum atomic E-state index is 11.4. The van der Waals surface area contributed by atoms with Gasteiger partial charge in [0.25, 0.3) is 5.91 Å². The quantitative estimate of drug-likeness (QED) is 0.645. The average Bonchev–Trinajstić information content (AvgIpc) is 3.12. The van der Waals surface area contributed by atoms with E-state index in [-0.39, 0.29) is 12.5 Å². The van der Waals surface area contributed by atoms with E-state index < -0.39 is 0 Å². The van der Waals surface area contributed by atoms with Gasteiger partial charge in [0.2, 0.25) is 0 Å². The van der Waals surface area contributed by atoms with Crippen LogP contribution >= 0.6 is 0 Å². The summed E-state index contributed by atoms with van der Waals surface area (Å²) < 4.78 is 5.50. The highest BCUT2D eigenvalue weighted by Gasteiger charge is 2.21. The van der Waals surface area contributed by atoms with Gasteiger partial charge in [-0.1, -0.05) is 6.07 Å². The number of H-pyrrole nitrogens is 1. The number of nitrogens with one attached hydrogen (secondary N) is 3. The number of likely N-dealkylation sites (tertiary alicyclic amines) is 1. The number of aromatic amines is 1. The van der Waals surface area contributed by atoms with Gasteiger partial charge in [0.15, 0.2) is 6.61 Å². The Balaban J connectivity index is 1.37. The number of benzene rings is 2. The first-order valence-electron chi connectivity index (χ1n) is 9.79. The number of aromatic nitrogens is 1. The normalized spacial score (nSPS) is 17.8. The second kappa shape index (κ2) is 6.87. The van der Waals surface area contributed by atoms with Crippen molar-refractivity contribution >= 4 is 33.9 Å². The lowest BCUT2D eigenvalue weighted by Gasteiger charge is -2.28. The van der Waals surface area contributed by atoms with Gasteiger partial charge in [0.05, 0.1) is 5.69 Å². The zero-order chi connectivity index (χ0) is 19.1. The van der Waals surface area contributed by atoms with E-state index in [0.717, 1.165) is 30.0 Å². The van der Waals surface area contributed by atoms with Gasteiger partial charge in [-0.25, -0.2) is 0 Å². The van der Waals surface area contributed by atoms with Crippen LogP contribution in [0.25, 0.3) is 10.9 Å². The number of piperidine rings is 1. The van der Waals surface area contributed by atoms with Crippen molar-refractivity contribution in [1.29, 1.82) is 0 Å². The van der Waals surface area contributed by atoms with Gasteiger partial charge in [-0.15, -0.1) is 0 Å². The fourth-order valence-electron chi connectivity index (χ4n) is 4.20. The summed E-state index contributed by atoms with van der Waals surface area (Å²) >= 11 is 0. The Morgan fingerprint density at radius 2 is 1.89 bits per heavy atom. The van der Waals surface area contributed by atoms with Gasteiger partial charge >= 0.3 is 0 Å². The maximum absolute atomic E-state index is 11.4. The van der Waals surface area contributed by atoms with Crippen LogP contribution in [0.2, 0.25) is 0 Å². The molecule has 1 aromatic heterocycles. The number of ether oxygens (including phenoxy) is 1. The Labute approximate surface area is 163 Å². The van der Waals surface area contributed by atoms with Crippen molar-refractivity contribution in [2.24, 2.45) is 0 Å². The number of hydrogen-bond donors (Lipinski definition) is 3. The molecule has 5 rings (SSSR count). The van der Waals surface area contributed by atoms with E-state index in [4.69, 9.17) is 4.74 Å². The summed E-state index contributed by atoms with van der Waals surface area (Å²) in [4.78, 5) is 17.3. The van der Waals surface area contributed by atoms with E-state index in [1.807, 2.05) is 18.2 Å². The van der Waals surface area contributed by atoms with E-state index in [1.54, 1.807) is 0 Å². The van der Waals surface area contributed by atoms with Crippen molar-refractivity contribution in [3.63, 3.8) is 0 Å². The molecule has 144 valence electrons. The molecule has 6 nitrogen and oxygen atoms in total. The Morgan fingerprint density at radius 3 is 2.75 bits per heavy atom. The predicted octanol–water partition coefficient (Wildman–Crippen LogP) is 4.05. The first-order valence-corrected chi connectivity index (χ1v) is 9.79. The minimum absolute atomic E-state index is 0.0601. The number of carbonyl (C=O) groups excluding carboxylic acids is 1. The van der Waals surface area contributed by atoms with Crippen LogP contribution in [0.15, 0.2) is 42.6 Å². The summed E-state index contributed by atoms with van der Waals surface area (Å²) in [5, 5.41) is 7.56. The summed E-state index contributed by atoms with van der Waals surface area (Å²) in [7, 11) is 2.20. The average molecular weight is 376 g/mol. The molecule has 6 heteroatoms. The summed E-state index contributed by atoms with van der Waals surface area (Å²) in [6.45, 7) is 2.39. The molecule has 2 aromatic carbocycles. The van der Waals surface area contributed by atoms with Gasteiger partial charge in [-0.05, 0) is 68.7 Å². The molecule has 3 aromatic rings. The highest BCUT2D eigenvalue weighted by atomic mass is 16.5. The van der Waals surface area contributed by atoms with Crippen LogP contribution in [-0.2, 0) is 4.79 Å². The molecule has 2 aliphatic rings.